The van der Waals surface area contributed by atoms with Gasteiger partial charge in [0.15, 0.2) is 0 Å². The van der Waals surface area contributed by atoms with Crippen LogP contribution in [0.15, 0.2) is 12.4 Å². The van der Waals surface area contributed by atoms with Crippen LogP contribution in [0.3, 0.4) is 0 Å². The van der Waals surface area contributed by atoms with E-state index in [2.05, 4.69) is 53.6 Å². The number of aromatic nitrogens is 2. The van der Waals surface area contributed by atoms with Crippen molar-refractivity contribution in [1.29, 1.82) is 0 Å². The quantitative estimate of drug-likeness (QED) is 0.499. The second kappa shape index (κ2) is 7.13. The van der Waals surface area contributed by atoms with Gasteiger partial charge in [0.2, 0.25) is 0 Å². The summed E-state index contributed by atoms with van der Waals surface area (Å²) < 4.78 is 0. The van der Waals surface area contributed by atoms with E-state index in [-0.39, 0.29) is 0 Å². The van der Waals surface area contributed by atoms with E-state index in [1.807, 2.05) is 6.07 Å². The molecule has 0 aromatic carbocycles. The first kappa shape index (κ1) is 14.7. The van der Waals surface area contributed by atoms with Gasteiger partial charge in [-0.25, -0.2) is 15.8 Å². The van der Waals surface area contributed by atoms with Crippen molar-refractivity contribution in [2.45, 2.75) is 26.3 Å². The van der Waals surface area contributed by atoms with E-state index >= 15 is 0 Å². The van der Waals surface area contributed by atoms with Gasteiger partial charge in [0, 0.05) is 18.7 Å². The van der Waals surface area contributed by atoms with Gasteiger partial charge < -0.3 is 15.6 Å². The Morgan fingerprint density at radius 3 is 2.50 bits per heavy atom. The van der Waals surface area contributed by atoms with Crippen molar-refractivity contribution in [3.05, 3.63) is 12.4 Å². The van der Waals surface area contributed by atoms with Crippen LogP contribution in [0.5, 0.6) is 0 Å². The van der Waals surface area contributed by atoms with Crippen molar-refractivity contribution >= 4 is 11.6 Å². The number of rotatable bonds is 7. The van der Waals surface area contributed by atoms with Gasteiger partial charge in [-0.3, -0.25) is 0 Å². The van der Waals surface area contributed by atoms with E-state index in [0.717, 1.165) is 18.8 Å². The first-order chi connectivity index (χ1) is 8.51. The lowest BCUT2D eigenvalue weighted by Crippen LogP contribution is -2.33. The average Bonchev–Trinajstić information content (AvgIpc) is 2.27. The predicted octanol–water partition coefficient (Wildman–Crippen LogP) is 1.15. The zero-order valence-corrected chi connectivity index (χ0v) is 11.6. The zero-order valence-electron chi connectivity index (χ0n) is 11.6. The van der Waals surface area contributed by atoms with Crippen LogP contribution in [0, 0.1) is 5.92 Å². The number of hydrogen-bond acceptors (Lipinski definition) is 6. The molecule has 1 rings (SSSR count). The van der Waals surface area contributed by atoms with Crippen molar-refractivity contribution in [2.75, 3.05) is 31.4 Å². The Kier molecular flexibility index (Phi) is 5.80. The van der Waals surface area contributed by atoms with Gasteiger partial charge in [-0.1, -0.05) is 13.8 Å². The van der Waals surface area contributed by atoms with E-state index in [1.54, 1.807) is 0 Å². The lowest BCUT2D eigenvalue weighted by Gasteiger charge is -2.24. The molecule has 0 saturated heterocycles. The summed E-state index contributed by atoms with van der Waals surface area (Å²) in [7, 11) is 4.14. The summed E-state index contributed by atoms with van der Waals surface area (Å²) in [6, 6.07) is 2.17. The van der Waals surface area contributed by atoms with Crippen LogP contribution in [0.4, 0.5) is 11.6 Å². The molecule has 1 aromatic rings. The Hall–Kier alpha value is -1.40. The molecule has 0 amide bonds. The van der Waals surface area contributed by atoms with Crippen LogP contribution in [-0.4, -0.2) is 41.5 Å². The van der Waals surface area contributed by atoms with Crippen LogP contribution in [0.2, 0.25) is 0 Å². The highest BCUT2D eigenvalue weighted by molar-refractivity contribution is 5.46. The summed E-state index contributed by atoms with van der Waals surface area (Å²) in [5.74, 6) is 7.38. The molecule has 6 nitrogen and oxygen atoms in total. The molecule has 0 aliphatic rings. The fraction of sp³-hybridized carbons (Fsp3) is 0.667. The molecule has 18 heavy (non-hydrogen) atoms. The lowest BCUT2D eigenvalue weighted by atomic mass is 10.0. The highest BCUT2D eigenvalue weighted by atomic mass is 15.3. The van der Waals surface area contributed by atoms with Crippen molar-refractivity contribution in [2.24, 2.45) is 11.8 Å². The van der Waals surface area contributed by atoms with Crippen LogP contribution in [0.25, 0.3) is 0 Å². The smallest absolute Gasteiger partial charge is 0.145 e. The van der Waals surface area contributed by atoms with Crippen LogP contribution < -0.4 is 16.6 Å². The highest BCUT2D eigenvalue weighted by Gasteiger charge is 2.12. The highest BCUT2D eigenvalue weighted by Crippen LogP contribution is 2.13. The normalized spacial score (nSPS) is 12.8. The topological polar surface area (TPSA) is 79.1 Å². The first-order valence-electron chi connectivity index (χ1n) is 6.21. The molecule has 1 unspecified atom stereocenters. The van der Waals surface area contributed by atoms with Crippen LogP contribution >= 0.6 is 0 Å². The summed E-state index contributed by atoms with van der Waals surface area (Å²) in [6.07, 6.45) is 2.59. The molecule has 4 N–H and O–H groups in total. The number of nitrogen functional groups attached to an aromatic ring is 1. The Balaban J connectivity index is 2.68. The number of hydrogen-bond donors (Lipinski definition) is 3. The number of nitrogens with zero attached hydrogens (tertiary/aromatic N) is 3. The van der Waals surface area contributed by atoms with Gasteiger partial charge in [0.25, 0.3) is 0 Å². The number of anilines is 2. The fourth-order valence-electron chi connectivity index (χ4n) is 1.91. The second-order valence-electron chi connectivity index (χ2n) is 5.17. The maximum absolute atomic E-state index is 5.33. The van der Waals surface area contributed by atoms with E-state index in [1.165, 1.54) is 6.33 Å². The zero-order chi connectivity index (χ0) is 13.5. The van der Waals surface area contributed by atoms with Crippen molar-refractivity contribution in [3.63, 3.8) is 0 Å². The molecule has 0 bridgehead atoms. The summed E-state index contributed by atoms with van der Waals surface area (Å²) in [4.78, 5) is 10.4. The van der Waals surface area contributed by atoms with Gasteiger partial charge in [-0.15, -0.1) is 0 Å². The van der Waals surface area contributed by atoms with Gasteiger partial charge in [-0.05, 0) is 26.4 Å². The minimum Gasteiger partial charge on any atom is -0.366 e. The summed E-state index contributed by atoms with van der Waals surface area (Å²) in [6.45, 7) is 5.40. The second-order valence-corrected chi connectivity index (χ2v) is 5.17. The van der Waals surface area contributed by atoms with Crippen LogP contribution in [0.1, 0.15) is 20.3 Å². The molecule has 0 aliphatic carbocycles. The number of hydrazine groups is 1. The van der Waals surface area contributed by atoms with E-state index in [4.69, 9.17) is 5.84 Å². The summed E-state index contributed by atoms with van der Waals surface area (Å²) in [5, 5.41) is 3.43. The van der Waals surface area contributed by atoms with Crippen LogP contribution in [-0.2, 0) is 0 Å². The predicted molar refractivity (Wildman–Crippen MR) is 75.3 cm³/mol. The van der Waals surface area contributed by atoms with E-state index < -0.39 is 0 Å². The van der Waals surface area contributed by atoms with Gasteiger partial charge in [0.1, 0.15) is 18.0 Å². The minimum absolute atomic E-state index is 0.362. The molecule has 1 heterocycles. The number of nitrogens with two attached hydrogens (primary N) is 1. The van der Waals surface area contributed by atoms with Gasteiger partial charge in [-0.2, -0.15) is 0 Å². The molecule has 0 saturated carbocycles. The SMILES string of the molecule is CC(C)CC(CN(C)C)Nc1cc(NN)ncn1. The Morgan fingerprint density at radius 1 is 1.28 bits per heavy atom. The number of likely N-dealkylation sites (N-methyl/N-ethyl adjacent to an activating group) is 1. The average molecular weight is 252 g/mol. The third-order valence-corrected chi connectivity index (χ3v) is 2.51. The Bertz CT molecular complexity index is 342. The lowest BCUT2D eigenvalue weighted by molar-refractivity contribution is 0.356. The van der Waals surface area contributed by atoms with Gasteiger partial charge >= 0.3 is 0 Å². The van der Waals surface area contributed by atoms with E-state index in [9.17, 15) is 0 Å². The van der Waals surface area contributed by atoms with Crippen molar-refractivity contribution < 1.29 is 0 Å². The maximum atomic E-state index is 5.33. The molecule has 1 aromatic heterocycles. The summed E-state index contributed by atoms with van der Waals surface area (Å²) in [5.41, 5.74) is 2.52. The molecule has 102 valence electrons. The molecule has 0 radical (unpaired) electrons. The first-order valence-corrected chi connectivity index (χ1v) is 6.21. The third kappa shape index (κ3) is 5.29. The molecule has 1 atom stereocenters. The molecule has 0 aliphatic heterocycles. The monoisotopic (exact) mass is 252 g/mol. The summed E-state index contributed by atoms with van der Waals surface area (Å²) >= 11 is 0. The number of nitrogens with one attached hydrogen (secondary N) is 2. The van der Waals surface area contributed by atoms with E-state index in [0.29, 0.717) is 17.8 Å². The largest absolute Gasteiger partial charge is 0.366 e. The molecular formula is C12H24N6. The Morgan fingerprint density at radius 2 is 1.94 bits per heavy atom. The molecule has 6 heteroatoms. The molecule has 0 spiro atoms. The third-order valence-electron chi connectivity index (χ3n) is 2.51. The van der Waals surface area contributed by atoms with Crippen molar-refractivity contribution in [1.82, 2.24) is 14.9 Å². The standard InChI is InChI=1S/C12H24N6/c1-9(2)5-10(7-18(3)4)16-11-6-12(17-13)15-8-14-11/h6,8-10H,5,7,13H2,1-4H3,(H2,14,15,16,17). The van der Waals surface area contributed by atoms with Gasteiger partial charge in [0.05, 0.1) is 0 Å². The maximum Gasteiger partial charge on any atom is 0.145 e. The molecular weight excluding hydrogens is 228 g/mol. The molecule has 0 fully saturated rings. The fourth-order valence-corrected chi connectivity index (χ4v) is 1.91. The minimum atomic E-state index is 0.362. The van der Waals surface area contributed by atoms with Crippen molar-refractivity contribution in [3.8, 4) is 0 Å². The Labute approximate surface area is 109 Å².